The van der Waals surface area contributed by atoms with Gasteiger partial charge >= 0.3 is 18.3 Å². The Balaban J connectivity index is 0.000000154. The maximum atomic E-state index is 13.4. The van der Waals surface area contributed by atoms with Gasteiger partial charge < -0.3 is 39.1 Å². The molecule has 14 rings (SSSR count). The Kier molecular flexibility index (Phi) is 23.7. The lowest BCUT2D eigenvalue weighted by molar-refractivity contribution is -0.102. The average molecular weight is 1480 g/mol. The Labute approximate surface area is 645 Å². The van der Waals surface area contributed by atoms with Crippen LogP contribution < -0.4 is 0 Å². The molecule has 0 spiro atoms. The molecule has 5 fully saturated rings. The van der Waals surface area contributed by atoms with Gasteiger partial charge in [0.25, 0.3) is 0 Å². The van der Waals surface area contributed by atoms with E-state index in [2.05, 4.69) is 36.0 Å². The fourth-order valence-electron chi connectivity index (χ4n) is 15.3. The van der Waals surface area contributed by atoms with E-state index >= 15 is 0 Å². The van der Waals surface area contributed by atoms with Gasteiger partial charge in [0.05, 0.1) is 40.8 Å². The van der Waals surface area contributed by atoms with Crippen molar-refractivity contribution >= 4 is 29.8 Å². The average Bonchev–Trinajstić information content (AvgIpc) is 0.835. The van der Waals surface area contributed by atoms with Gasteiger partial charge in [-0.05, 0) is 157 Å². The second kappa shape index (κ2) is 33.1. The van der Waals surface area contributed by atoms with Crippen LogP contribution in [0.4, 0.5) is 14.4 Å². The van der Waals surface area contributed by atoms with Crippen molar-refractivity contribution in [1.29, 1.82) is 5.26 Å². The summed E-state index contributed by atoms with van der Waals surface area (Å²) in [6.07, 6.45) is 17.7. The number of amides is 3. The molecule has 2 N–H and O–H groups in total. The Morgan fingerprint density at radius 3 is 0.964 bits per heavy atom. The lowest BCUT2D eigenvalue weighted by Gasteiger charge is -2.45. The van der Waals surface area contributed by atoms with Crippen LogP contribution in [0.15, 0.2) is 201 Å². The van der Waals surface area contributed by atoms with E-state index < -0.39 is 33.4 Å². The van der Waals surface area contributed by atoms with Gasteiger partial charge in [-0.1, -0.05) is 164 Å². The van der Waals surface area contributed by atoms with Crippen LogP contribution in [-0.4, -0.2) is 115 Å². The van der Waals surface area contributed by atoms with Crippen molar-refractivity contribution in [1.82, 2.24) is 44.6 Å². The van der Waals surface area contributed by atoms with Crippen molar-refractivity contribution in [2.75, 3.05) is 19.6 Å². The minimum absolute atomic E-state index is 0.00844. The van der Waals surface area contributed by atoms with Crippen molar-refractivity contribution in [3.63, 3.8) is 0 Å². The molecule has 2 aliphatic carbocycles. The third-order valence-electron chi connectivity index (χ3n) is 21.7. The summed E-state index contributed by atoms with van der Waals surface area (Å²) < 4.78 is 18.4. The molecule has 6 heterocycles. The largest absolute Gasteiger partial charge is 0.438 e. The van der Waals surface area contributed by atoms with E-state index in [0.717, 1.165) is 98.3 Å². The molecule has 20 nitrogen and oxygen atoms in total. The van der Waals surface area contributed by atoms with E-state index in [9.17, 15) is 39.4 Å². The molecule has 0 bridgehead atoms. The SMILES string of the molecule is C[C@@H](c1ccc(-c2cnc(C(=O)CC3CC3)nc2)cc1)N1CC[C@](CC(C)(C)C#N)(c2ccccc2)OC1=O.C[C@@H](c1ccc(-c2cnc(C(=O)CC3CC3)nc2)cc1)N1CC[C@](CC(C)(C)O)(c2ccccc2)OC1=O.Cc1ncc(-c2ccc([C@H](C)N3CC[C@](CC(C)(C)O)(c4ccccc4)OC3=O)cc2)cn1. The minimum atomic E-state index is -0.994. The molecule has 6 aromatic carbocycles. The number of cyclic esters (lactones) is 3. The van der Waals surface area contributed by atoms with Crippen molar-refractivity contribution in [3.05, 3.63) is 252 Å². The summed E-state index contributed by atoms with van der Waals surface area (Å²) in [7, 11) is 0. The summed E-state index contributed by atoms with van der Waals surface area (Å²) >= 11 is 0. The Bertz CT molecular complexity index is 4700. The first-order valence-corrected chi connectivity index (χ1v) is 38.3. The molecule has 5 aliphatic rings. The van der Waals surface area contributed by atoms with Crippen LogP contribution >= 0.6 is 0 Å². The van der Waals surface area contributed by atoms with E-state index in [-0.39, 0.29) is 59.6 Å². The number of carbonyl (C=O) groups excluding carboxylic acids is 5. The van der Waals surface area contributed by atoms with E-state index in [1.165, 1.54) is 0 Å². The maximum Gasteiger partial charge on any atom is 0.411 e. The molecule has 110 heavy (non-hydrogen) atoms. The lowest BCUT2D eigenvalue weighted by Crippen LogP contribution is -2.51. The predicted molar refractivity (Wildman–Crippen MR) is 419 cm³/mol. The minimum Gasteiger partial charge on any atom is -0.438 e. The topological polar surface area (TPSA) is 264 Å². The van der Waals surface area contributed by atoms with Crippen LogP contribution in [0.2, 0.25) is 0 Å². The number of rotatable bonds is 24. The van der Waals surface area contributed by atoms with Crippen molar-refractivity contribution in [2.45, 2.75) is 192 Å². The number of aliphatic hydroxyl groups is 2. The van der Waals surface area contributed by atoms with Crippen LogP contribution in [0.25, 0.3) is 33.4 Å². The van der Waals surface area contributed by atoms with Crippen molar-refractivity contribution in [3.8, 4) is 39.4 Å². The molecular formula is C90H100N10O10. The second-order valence-corrected chi connectivity index (χ2v) is 32.3. The number of carbonyl (C=O) groups is 5. The highest BCUT2D eigenvalue weighted by atomic mass is 16.6. The smallest absolute Gasteiger partial charge is 0.411 e. The standard InChI is InChI=1S/C32H34N4O3.C31H35N3O4.C27H31N3O3/c1-22(24-11-13-25(14-12-24)26-18-34-29(35-19-26)28(37)17-23-9-10-23)36-16-15-32(39-30(36)38,20-31(2,3)21-33)27-7-5-4-6-8-27;1-21(34-16-15-31(38-29(34)36,20-30(2,3)37)26-7-5-4-6-8-26)23-11-13-24(14-12-23)25-18-32-28(33-19-25)27(35)17-22-9-10-22;1-19(21-10-12-22(13-11-21)23-16-28-20(2)29-17-23)30-15-14-27(33-25(30)31,18-26(3,4)32)24-8-6-5-7-9-24/h4-8,11-14,18-19,22-23H,9-10,15-17,20H2,1-3H3;4-8,11-14,18-19,21-22,37H,9-10,15-17,20H2,1-3H3;5-13,16-17,19,32H,14-15,18H2,1-4H3/t22-,32-;21-,31-;19-,27-/m000/s1. The quantitative estimate of drug-likeness (QED) is 0.0420. The summed E-state index contributed by atoms with van der Waals surface area (Å²) in [4.78, 5) is 95.4. The van der Waals surface area contributed by atoms with Gasteiger partial charge in [-0.15, -0.1) is 0 Å². The number of ketones is 2. The summed E-state index contributed by atoms with van der Waals surface area (Å²) in [5.74, 6) is 2.34. The van der Waals surface area contributed by atoms with Crippen LogP contribution in [0.5, 0.6) is 0 Å². The first-order valence-electron chi connectivity index (χ1n) is 38.3. The van der Waals surface area contributed by atoms with E-state index in [1.807, 2.05) is 218 Å². The number of ether oxygens (including phenoxy) is 3. The molecule has 2 saturated carbocycles. The number of nitriles is 1. The van der Waals surface area contributed by atoms with Gasteiger partial charge in [0, 0.05) is 125 Å². The predicted octanol–water partition coefficient (Wildman–Crippen LogP) is 18.4. The summed E-state index contributed by atoms with van der Waals surface area (Å²) in [5, 5.41) is 30.9. The van der Waals surface area contributed by atoms with Crippen LogP contribution in [0.1, 0.15) is 218 Å². The fraction of sp³-hybridized carbons (Fsp3) is 0.400. The third-order valence-corrected chi connectivity index (χ3v) is 21.7. The Morgan fingerprint density at radius 1 is 0.436 bits per heavy atom. The highest BCUT2D eigenvalue weighted by Crippen LogP contribution is 2.47. The zero-order valence-corrected chi connectivity index (χ0v) is 64.7. The molecule has 3 aromatic heterocycles. The van der Waals surface area contributed by atoms with Crippen LogP contribution in [-0.2, 0) is 31.0 Å². The molecule has 570 valence electrons. The monoisotopic (exact) mass is 1480 g/mol. The highest BCUT2D eigenvalue weighted by molar-refractivity contribution is 5.93. The van der Waals surface area contributed by atoms with Gasteiger partial charge in [-0.2, -0.15) is 5.26 Å². The zero-order chi connectivity index (χ0) is 78.2. The molecule has 0 unspecified atom stereocenters. The maximum absolute atomic E-state index is 13.4. The molecule has 3 amide bonds. The number of aromatic nitrogens is 6. The van der Waals surface area contributed by atoms with Gasteiger partial charge in [-0.25, -0.2) is 44.3 Å². The lowest BCUT2D eigenvalue weighted by atomic mass is 9.75. The van der Waals surface area contributed by atoms with Gasteiger partial charge in [0.15, 0.2) is 23.2 Å². The molecule has 3 aliphatic heterocycles. The number of hydrogen-bond acceptors (Lipinski definition) is 17. The van der Waals surface area contributed by atoms with E-state index in [4.69, 9.17) is 14.2 Å². The zero-order valence-electron chi connectivity index (χ0n) is 64.7. The van der Waals surface area contributed by atoms with Crippen molar-refractivity contribution in [2.24, 2.45) is 17.3 Å². The molecule has 6 atom stereocenters. The summed E-state index contributed by atoms with van der Waals surface area (Å²) in [5.41, 5.74) is 6.09. The first-order chi connectivity index (χ1) is 52.5. The van der Waals surface area contributed by atoms with Crippen LogP contribution in [0.3, 0.4) is 0 Å². The molecule has 0 radical (unpaired) electrons. The summed E-state index contributed by atoms with van der Waals surface area (Å²) in [6.45, 7) is 20.2. The molecule has 9 aromatic rings. The third kappa shape index (κ3) is 19.4. The normalized spacial score (nSPS) is 20.2. The van der Waals surface area contributed by atoms with Gasteiger partial charge in [0.1, 0.15) is 22.6 Å². The van der Waals surface area contributed by atoms with Crippen LogP contribution in [0, 0.1) is 35.5 Å². The molecular weight excluding hydrogens is 1380 g/mol. The number of hydrogen-bond donors (Lipinski definition) is 2. The number of benzene rings is 6. The Morgan fingerprint density at radius 2 is 0.709 bits per heavy atom. The Hall–Kier alpha value is -10.9. The number of aryl methyl sites for hydroxylation is 1. The van der Waals surface area contributed by atoms with E-state index in [0.29, 0.717) is 82.8 Å². The second-order valence-electron chi connectivity index (χ2n) is 32.3. The van der Waals surface area contributed by atoms with Gasteiger partial charge in [-0.3, -0.25) is 9.59 Å². The van der Waals surface area contributed by atoms with Crippen molar-refractivity contribution < 1.29 is 48.4 Å². The van der Waals surface area contributed by atoms with E-state index in [1.54, 1.807) is 67.2 Å². The number of nitrogens with zero attached hydrogens (tertiary/aromatic N) is 10. The highest BCUT2D eigenvalue weighted by Gasteiger charge is 2.50. The molecule has 3 saturated heterocycles. The molecule has 20 heteroatoms. The summed E-state index contributed by atoms with van der Waals surface area (Å²) in [6, 6.07) is 55.0. The first kappa shape index (κ1) is 78.7. The number of Topliss-reactive ketones (excluding diaryl/α,β-unsaturated/α-hetero) is 2. The van der Waals surface area contributed by atoms with Gasteiger partial charge in [0.2, 0.25) is 0 Å². The fourth-order valence-corrected chi connectivity index (χ4v) is 15.3.